The Labute approximate surface area is 101 Å². The zero-order valence-corrected chi connectivity index (χ0v) is 10.0. The van der Waals surface area contributed by atoms with Gasteiger partial charge in [0.15, 0.2) is 0 Å². The fraction of sp³-hybridized carbons (Fsp3) is 0.462. The summed E-state index contributed by atoms with van der Waals surface area (Å²) >= 11 is 0. The average molecular weight is 237 g/mol. The van der Waals surface area contributed by atoms with Crippen LogP contribution < -0.4 is 5.32 Å². The van der Waals surface area contributed by atoms with Crippen molar-refractivity contribution in [1.29, 1.82) is 0 Å². The summed E-state index contributed by atoms with van der Waals surface area (Å²) in [6.07, 6.45) is 2.54. The number of hydrogen-bond acceptors (Lipinski definition) is 3. The summed E-state index contributed by atoms with van der Waals surface area (Å²) in [6.45, 7) is 2.54. The molecule has 4 heteroatoms. The number of aliphatic carboxylic acids is 1. The molecule has 0 amide bonds. The molecule has 94 valence electrons. The van der Waals surface area contributed by atoms with Crippen molar-refractivity contribution < 1.29 is 15.0 Å². The lowest BCUT2D eigenvalue weighted by Crippen LogP contribution is -2.36. The number of benzene rings is 1. The molecule has 0 unspecified atom stereocenters. The number of unbranched alkanes of at least 4 members (excludes halogenated alkanes) is 1. The van der Waals surface area contributed by atoms with Gasteiger partial charge >= 0.3 is 5.97 Å². The third-order valence-corrected chi connectivity index (χ3v) is 2.63. The van der Waals surface area contributed by atoms with Gasteiger partial charge in [-0.1, -0.05) is 31.9 Å². The summed E-state index contributed by atoms with van der Waals surface area (Å²) in [4.78, 5) is 11.0. The van der Waals surface area contributed by atoms with Gasteiger partial charge in [-0.25, -0.2) is 0 Å². The van der Waals surface area contributed by atoms with E-state index in [0.29, 0.717) is 13.0 Å². The standard InChI is InChI=1S/C13H19NO3/c1-2-3-4-12(13(16)17)14-9-10-5-7-11(15)8-6-10/h5-8,12,14-15H,2-4,9H2,1H3,(H,16,17)/t12-/m0/s1. The van der Waals surface area contributed by atoms with Gasteiger partial charge in [0.2, 0.25) is 0 Å². The molecule has 0 fully saturated rings. The molecule has 0 bridgehead atoms. The quantitative estimate of drug-likeness (QED) is 0.679. The monoisotopic (exact) mass is 237 g/mol. The lowest BCUT2D eigenvalue weighted by atomic mass is 10.1. The Balaban J connectivity index is 2.45. The number of rotatable bonds is 7. The molecule has 0 saturated carbocycles. The predicted octanol–water partition coefficient (Wildman–Crippen LogP) is 2.13. The van der Waals surface area contributed by atoms with E-state index in [2.05, 4.69) is 5.32 Å². The third kappa shape index (κ3) is 4.87. The Kier molecular flexibility index (Phi) is 5.49. The predicted molar refractivity (Wildman–Crippen MR) is 65.9 cm³/mol. The molecule has 1 aromatic rings. The second-order valence-corrected chi connectivity index (χ2v) is 4.08. The van der Waals surface area contributed by atoms with E-state index in [9.17, 15) is 4.79 Å². The van der Waals surface area contributed by atoms with Crippen LogP contribution in [0.2, 0.25) is 0 Å². The van der Waals surface area contributed by atoms with Crippen molar-refractivity contribution in [1.82, 2.24) is 5.32 Å². The first-order chi connectivity index (χ1) is 8.13. The second-order valence-electron chi connectivity index (χ2n) is 4.08. The van der Waals surface area contributed by atoms with Crippen LogP contribution in [0, 0.1) is 0 Å². The molecule has 17 heavy (non-hydrogen) atoms. The molecule has 0 saturated heterocycles. The van der Waals surface area contributed by atoms with Gasteiger partial charge in [0.05, 0.1) is 0 Å². The number of phenolic OH excluding ortho intramolecular Hbond substituents is 1. The number of carbonyl (C=O) groups is 1. The number of carboxylic acids is 1. The molecule has 0 aliphatic heterocycles. The van der Waals surface area contributed by atoms with Gasteiger partial charge in [-0.05, 0) is 24.1 Å². The molecule has 1 atom stereocenters. The van der Waals surface area contributed by atoms with Crippen LogP contribution in [0.1, 0.15) is 31.7 Å². The minimum atomic E-state index is -0.808. The summed E-state index contributed by atoms with van der Waals surface area (Å²) in [5.74, 6) is -0.591. The SMILES string of the molecule is CCCC[C@H](NCc1ccc(O)cc1)C(=O)O. The van der Waals surface area contributed by atoms with Crippen LogP contribution in [0.3, 0.4) is 0 Å². The van der Waals surface area contributed by atoms with Crippen LogP contribution >= 0.6 is 0 Å². The van der Waals surface area contributed by atoms with Crippen molar-refractivity contribution in [2.45, 2.75) is 38.8 Å². The van der Waals surface area contributed by atoms with Crippen molar-refractivity contribution >= 4 is 5.97 Å². The Bertz CT molecular complexity index is 348. The molecule has 0 radical (unpaired) electrons. The van der Waals surface area contributed by atoms with Gasteiger partial charge < -0.3 is 15.5 Å². The fourth-order valence-electron chi connectivity index (χ4n) is 1.58. The van der Waals surface area contributed by atoms with Gasteiger partial charge in [0, 0.05) is 6.54 Å². The Hall–Kier alpha value is -1.55. The minimum Gasteiger partial charge on any atom is -0.508 e. The molecule has 0 heterocycles. The molecule has 0 aliphatic carbocycles. The normalized spacial score (nSPS) is 12.3. The molecule has 1 aromatic carbocycles. The van der Waals surface area contributed by atoms with E-state index in [-0.39, 0.29) is 5.75 Å². The van der Waals surface area contributed by atoms with Crippen molar-refractivity contribution in [2.24, 2.45) is 0 Å². The molecular weight excluding hydrogens is 218 g/mol. The number of carboxylic acid groups (broad SMARTS) is 1. The summed E-state index contributed by atoms with van der Waals surface area (Å²) in [6, 6.07) is 6.25. The van der Waals surface area contributed by atoms with E-state index in [1.807, 2.05) is 6.92 Å². The smallest absolute Gasteiger partial charge is 0.320 e. The largest absolute Gasteiger partial charge is 0.508 e. The first-order valence-corrected chi connectivity index (χ1v) is 5.87. The van der Waals surface area contributed by atoms with Crippen molar-refractivity contribution in [3.63, 3.8) is 0 Å². The van der Waals surface area contributed by atoms with Crippen molar-refractivity contribution in [3.8, 4) is 5.75 Å². The second kappa shape index (κ2) is 6.91. The summed E-state index contributed by atoms with van der Waals surface area (Å²) in [5.41, 5.74) is 0.963. The van der Waals surface area contributed by atoms with Crippen LogP contribution in [-0.2, 0) is 11.3 Å². The van der Waals surface area contributed by atoms with E-state index < -0.39 is 12.0 Å². The topological polar surface area (TPSA) is 69.6 Å². The van der Waals surface area contributed by atoms with Gasteiger partial charge in [-0.2, -0.15) is 0 Å². The third-order valence-electron chi connectivity index (χ3n) is 2.63. The summed E-state index contributed by atoms with van der Waals surface area (Å²) < 4.78 is 0. The first-order valence-electron chi connectivity index (χ1n) is 5.87. The van der Waals surface area contributed by atoms with E-state index in [1.165, 1.54) is 0 Å². The van der Waals surface area contributed by atoms with Crippen molar-refractivity contribution in [3.05, 3.63) is 29.8 Å². The van der Waals surface area contributed by atoms with Crippen LogP contribution in [0.4, 0.5) is 0 Å². The maximum Gasteiger partial charge on any atom is 0.320 e. The molecule has 1 rings (SSSR count). The number of aromatic hydroxyl groups is 1. The molecule has 0 aliphatic rings. The Morgan fingerprint density at radius 2 is 2.00 bits per heavy atom. The van der Waals surface area contributed by atoms with Crippen LogP contribution in [0.25, 0.3) is 0 Å². The Morgan fingerprint density at radius 3 is 2.53 bits per heavy atom. The van der Waals surface area contributed by atoms with Crippen molar-refractivity contribution in [2.75, 3.05) is 0 Å². The van der Waals surface area contributed by atoms with Gasteiger partial charge in [0.1, 0.15) is 11.8 Å². The van der Waals surface area contributed by atoms with E-state index in [4.69, 9.17) is 10.2 Å². The fourth-order valence-corrected chi connectivity index (χ4v) is 1.58. The van der Waals surface area contributed by atoms with Crippen LogP contribution in [-0.4, -0.2) is 22.2 Å². The summed E-state index contributed by atoms with van der Waals surface area (Å²) in [7, 11) is 0. The highest BCUT2D eigenvalue weighted by atomic mass is 16.4. The summed E-state index contributed by atoms with van der Waals surface area (Å²) in [5, 5.41) is 21.2. The minimum absolute atomic E-state index is 0.217. The lowest BCUT2D eigenvalue weighted by molar-refractivity contribution is -0.139. The number of hydrogen-bond donors (Lipinski definition) is 3. The molecule has 0 spiro atoms. The maximum absolute atomic E-state index is 11.0. The van der Waals surface area contributed by atoms with E-state index in [0.717, 1.165) is 18.4 Å². The Morgan fingerprint density at radius 1 is 1.35 bits per heavy atom. The van der Waals surface area contributed by atoms with Gasteiger partial charge in [-0.3, -0.25) is 4.79 Å². The number of phenols is 1. The maximum atomic E-state index is 11.0. The zero-order valence-electron chi connectivity index (χ0n) is 10.0. The van der Waals surface area contributed by atoms with Crippen LogP contribution in [0.5, 0.6) is 5.75 Å². The van der Waals surface area contributed by atoms with E-state index >= 15 is 0 Å². The van der Waals surface area contributed by atoms with Crippen LogP contribution in [0.15, 0.2) is 24.3 Å². The van der Waals surface area contributed by atoms with E-state index in [1.54, 1.807) is 24.3 Å². The zero-order chi connectivity index (χ0) is 12.7. The molecule has 0 aromatic heterocycles. The first kappa shape index (κ1) is 13.5. The highest BCUT2D eigenvalue weighted by Crippen LogP contribution is 2.10. The van der Waals surface area contributed by atoms with Gasteiger partial charge in [-0.15, -0.1) is 0 Å². The average Bonchev–Trinajstić information content (AvgIpc) is 2.31. The lowest BCUT2D eigenvalue weighted by Gasteiger charge is -2.13. The number of nitrogens with one attached hydrogen (secondary N) is 1. The molecule has 3 N–H and O–H groups in total. The molecular formula is C13H19NO3. The highest BCUT2D eigenvalue weighted by molar-refractivity contribution is 5.73. The van der Waals surface area contributed by atoms with Gasteiger partial charge in [0.25, 0.3) is 0 Å². The highest BCUT2D eigenvalue weighted by Gasteiger charge is 2.15. The molecule has 4 nitrogen and oxygen atoms in total.